The molecule has 3 aromatic rings. The van der Waals surface area contributed by atoms with E-state index in [2.05, 4.69) is 36.4 Å². The maximum Gasteiger partial charge on any atom is 0.254 e. The molecule has 164 valence electrons. The first-order chi connectivity index (χ1) is 14.9. The van der Waals surface area contributed by atoms with E-state index in [4.69, 9.17) is 4.98 Å². The van der Waals surface area contributed by atoms with Gasteiger partial charge in [0.05, 0.1) is 6.54 Å². The van der Waals surface area contributed by atoms with Crippen molar-refractivity contribution in [1.29, 1.82) is 0 Å². The van der Waals surface area contributed by atoms with Gasteiger partial charge in [0.2, 0.25) is 0 Å². The molecule has 0 spiro atoms. The van der Waals surface area contributed by atoms with Crippen molar-refractivity contribution < 1.29 is 4.79 Å². The quantitative estimate of drug-likeness (QED) is 0.483. The molecule has 0 saturated heterocycles. The minimum atomic E-state index is 0.0936. The molecule has 1 fully saturated rings. The number of fused-ring (bicyclic) bond motifs is 1. The fraction of sp³-hybridized carbons (Fsp3) is 0.500. The van der Waals surface area contributed by atoms with E-state index in [1.165, 1.54) is 18.4 Å². The van der Waals surface area contributed by atoms with Gasteiger partial charge in [-0.25, -0.2) is 9.97 Å². The van der Waals surface area contributed by atoms with Gasteiger partial charge < -0.3 is 9.47 Å². The van der Waals surface area contributed by atoms with Gasteiger partial charge in [-0.15, -0.1) is 0 Å². The van der Waals surface area contributed by atoms with E-state index in [-0.39, 0.29) is 5.91 Å². The largest absolute Gasteiger partial charge is 0.331 e. The standard InChI is InChI=1S/C26H34N4O/c1-18(2)13-15-29(26(31)22-12-11-19(3)16-20(22)4)17-24-28-23-10-7-14-27-25(23)30(24)21-8-5-6-9-21/h7,10-12,14,16,18,21H,5-6,8-9,13,15,17H2,1-4H3. The molecule has 1 aliphatic carbocycles. The van der Waals surface area contributed by atoms with Gasteiger partial charge in [-0.1, -0.05) is 44.4 Å². The summed E-state index contributed by atoms with van der Waals surface area (Å²) in [5, 5.41) is 0. The highest BCUT2D eigenvalue weighted by Gasteiger charge is 2.26. The Labute approximate surface area is 185 Å². The van der Waals surface area contributed by atoms with Crippen molar-refractivity contribution in [2.24, 2.45) is 5.92 Å². The SMILES string of the molecule is Cc1ccc(C(=O)N(CCC(C)C)Cc2nc3cccnc3n2C2CCCC2)c(C)c1. The average molecular weight is 419 g/mol. The summed E-state index contributed by atoms with van der Waals surface area (Å²) < 4.78 is 2.32. The van der Waals surface area contributed by atoms with Crippen molar-refractivity contribution in [3.8, 4) is 0 Å². The van der Waals surface area contributed by atoms with Crippen LogP contribution >= 0.6 is 0 Å². The Kier molecular flexibility index (Phi) is 6.40. The second-order valence-electron chi connectivity index (χ2n) is 9.41. The predicted octanol–water partition coefficient (Wildman–Crippen LogP) is 5.85. The van der Waals surface area contributed by atoms with Crippen molar-refractivity contribution in [1.82, 2.24) is 19.4 Å². The zero-order chi connectivity index (χ0) is 22.0. The van der Waals surface area contributed by atoms with Gasteiger partial charge in [0, 0.05) is 24.3 Å². The summed E-state index contributed by atoms with van der Waals surface area (Å²) in [6, 6.07) is 10.5. The summed E-state index contributed by atoms with van der Waals surface area (Å²) in [6.45, 7) is 9.75. The molecule has 0 radical (unpaired) electrons. The minimum absolute atomic E-state index is 0.0936. The normalized spacial score (nSPS) is 14.6. The molecule has 2 aromatic heterocycles. The maximum atomic E-state index is 13.6. The van der Waals surface area contributed by atoms with Crippen molar-refractivity contribution in [3.63, 3.8) is 0 Å². The van der Waals surface area contributed by atoms with Crippen molar-refractivity contribution in [2.75, 3.05) is 6.54 Å². The van der Waals surface area contributed by atoms with E-state index in [0.717, 1.165) is 53.9 Å². The van der Waals surface area contributed by atoms with Crippen LogP contribution < -0.4 is 0 Å². The highest BCUT2D eigenvalue weighted by molar-refractivity contribution is 5.95. The molecular formula is C26H34N4O. The van der Waals surface area contributed by atoms with Crippen LogP contribution in [0.25, 0.3) is 11.2 Å². The smallest absolute Gasteiger partial charge is 0.254 e. The molecule has 1 aromatic carbocycles. The maximum absolute atomic E-state index is 13.6. The van der Waals surface area contributed by atoms with Crippen LogP contribution in [-0.2, 0) is 6.54 Å². The second-order valence-corrected chi connectivity index (χ2v) is 9.41. The zero-order valence-electron chi connectivity index (χ0n) is 19.3. The lowest BCUT2D eigenvalue weighted by Gasteiger charge is -2.26. The Balaban J connectivity index is 1.70. The van der Waals surface area contributed by atoms with Crippen LogP contribution in [-0.4, -0.2) is 31.9 Å². The van der Waals surface area contributed by atoms with E-state index in [1.807, 2.05) is 42.3 Å². The van der Waals surface area contributed by atoms with Gasteiger partial charge in [-0.2, -0.15) is 0 Å². The highest BCUT2D eigenvalue weighted by atomic mass is 16.2. The van der Waals surface area contributed by atoms with E-state index < -0.39 is 0 Å². The molecule has 1 aliphatic rings. The lowest BCUT2D eigenvalue weighted by molar-refractivity contribution is 0.0727. The first kappa shape index (κ1) is 21.5. The highest BCUT2D eigenvalue weighted by Crippen LogP contribution is 2.33. The average Bonchev–Trinajstić information content (AvgIpc) is 3.37. The van der Waals surface area contributed by atoms with Gasteiger partial charge in [0.25, 0.3) is 5.91 Å². The molecule has 1 saturated carbocycles. The van der Waals surface area contributed by atoms with E-state index in [9.17, 15) is 4.79 Å². The number of aryl methyl sites for hydroxylation is 2. The summed E-state index contributed by atoms with van der Waals surface area (Å²) in [7, 11) is 0. The predicted molar refractivity (Wildman–Crippen MR) is 125 cm³/mol. The summed E-state index contributed by atoms with van der Waals surface area (Å²) >= 11 is 0. The monoisotopic (exact) mass is 418 g/mol. The number of amides is 1. The lowest BCUT2D eigenvalue weighted by atomic mass is 10.0. The molecule has 0 unspecified atom stereocenters. The summed E-state index contributed by atoms with van der Waals surface area (Å²) in [4.78, 5) is 25.2. The third kappa shape index (κ3) is 4.65. The van der Waals surface area contributed by atoms with Gasteiger partial charge >= 0.3 is 0 Å². The topological polar surface area (TPSA) is 51.0 Å². The van der Waals surface area contributed by atoms with Crippen molar-refractivity contribution >= 4 is 17.1 Å². The molecule has 4 rings (SSSR count). The molecule has 31 heavy (non-hydrogen) atoms. The minimum Gasteiger partial charge on any atom is -0.331 e. The third-order valence-electron chi connectivity index (χ3n) is 6.42. The molecule has 0 aliphatic heterocycles. The second kappa shape index (κ2) is 9.21. The number of aromatic nitrogens is 3. The zero-order valence-corrected chi connectivity index (χ0v) is 19.3. The molecule has 0 N–H and O–H groups in total. The number of benzene rings is 1. The van der Waals surface area contributed by atoms with Crippen LogP contribution in [0.4, 0.5) is 0 Å². The lowest BCUT2D eigenvalue weighted by Crippen LogP contribution is -2.34. The van der Waals surface area contributed by atoms with E-state index >= 15 is 0 Å². The molecule has 5 nitrogen and oxygen atoms in total. The molecule has 5 heteroatoms. The van der Waals surface area contributed by atoms with Crippen LogP contribution in [0.1, 0.15) is 79.3 Å². The summed E-state index contributed by atoms with van der Waals surface area (Å²) in [5.74, 6) is 1.59. The van der Waals surface area contributed by atoms with E-state index in [0.29, 0.717) is 18.5 Å². The van der Waals surface area contributed by atoms with E-state index in [1.54, 1.807) is 0 Å². The Hall–Kier alpha value is -2.69. The van der Waals surface area contributed by atoms with Crippen LogP contribution in [0.3, 0.4) is 0 Å². The van der Waals surface area contributed by atoms with Crippen LogP contribution in [0.5, 0.6) is 0 Å². The number of rotatable bonds is 7. The van der Waals surface area contributed by atoms with Crippen LogP contribution in [0.15, 0.2) is 36.5 Å². The van der Waals surface area contributed by atoms with Crippen molar-refractivity contribution in [2.45, 2.75) is 72.4 Å². The number of imidazole rings is 1. The fourth-order valence-corrected chi connectivity index (χ4v) is 4.70. The van der Waals surface area contributed by atoms with Gasteiger partial charge in [0.15, 0.2) is 5.65 Å². The number of hydrogen-bond donors (Lipinski definition) is 0. The van der Waals surface area contributed by atoms with Crippen LogP contribution in [0, 0.1) is 19.8 Å². The number of nitrogens with zero attached hydrogens (tertiary/aromatic N) is 4. The third-order valence-corrected chi connectivity index (χ3v) is 6.42. The Bertz CT molecular complexity index is 1060. The summed E-state index contributed by atoms with van der Waals surface area (Å²) in [5.41, 5.74) is 4.87. The van der Waals surface area contributed by atoms with Gasteiger partial charge in [-0.05, 0) is 62.8 Å². The first-order valence-electron chi connectivity index (χ1n) is 11.6. The van der Waals surface area contributed by atoms with Crippen LogP contribution in [0.2, 0.25) is 0 Å². The molecule has 1 amide bonds. The fourth-order valence-electron chi connectivity index (χ4n) is 4.70. The van der Waals surface area contributed by atoms with Gasteiger partial charge in [-0.3, -0.25) is 4.79 Å². The number of carbonyl (C=O) groups excluding carboxylic acids is 1. The van der Waals surface area contributed by atoms with Crippen molar-refractivity contribution in [3.05, 3.63) is 59.0 Å². The Morgan fingerprint density at radius 1 is 1.19 bits per heavy atom. The molecule has 0 bridgehead atoms. The Morgan fingerprint density at radius 2 is 1.97 bits per heavy atom. The number of pyridine rings is 1. The molecular weight excluding hydrogens is 384 g/mol. The number of hydrogen-bond acceptors (Lipinski definition) is 3. The number of carbonyl (C=O) groups is 1. The Morgan fingerprint density at radius 3 is 2.68 bits per heavy atom. The summed E-state index contributed by atoms with van der Waals surface area (Å²) in [6.07, 6.45) is 7.62. The molecule has 2 heterocycles. The first-order valence-corrected chi connectivity index (χ1v) is 11.6. The van der Waals surface area contributed by atoms with Gasteiger partial charge in [0.1, 0.15) is 11.3 Å². The molecule has 0 atom stereocenters.